The van der Waals surface area contributed by atoms with Gasteiger partial charge in [0.25, 0.3) is 0 Å². The van der Waals surface area contributed by atoms with Gasteiger partial charge in [-0.3, -0.25) is 9.10 Å². The Labute approximate surface area is 249 Å². The molecule has 1 N–H and O–H groups in total. The van der Waals surface area contributed by atoms with E-state index >= 15 is 0 Å². The predicted molar refractivity (Wildman–Crippen MR) is 157 cm³/mol. The van der Waals surface area contributed by atoms with Crippen LogP contribution in [0.1, 0.15) is 44.7 Å². The van der Waals surface area contributed by atoms with Crippen LogP contribution >= 0.6 is 23.2 Å². The molecule has 1 fully saturated rings. The SMILES string of the molecule is CC(C)(C)OC(=O)N1CCC(Oc2c(Cl)cc(N(CC=Cc3cccc(C#N)c3)S(=O)(=O)CC(=O)O)cc2Cl)CC1. The number of rotatable bonds is 9. The molecule has 0 atom stereocenters. The van der Waals surface area contributed by atoms with Gasteiger partial charge >= 0.3 is 12.1 Å². The van der Waals surface area contributed by atoms with Crippen LogP contribution in [0.15, 0.2) is 42.5 Å². The van der Waals surface area contributed by atoms with Crippen molar-refractivity contribution in [1.29, 1.82) is 5.26 Å². The number of nitriles is 1. The lowest BCUT2D eigenvalue weighted by Crippen LogP contribution is -2.44. The van der Waals surface area contributed by atoms with Gasteiger partial charge in [-0.05, 0) is 50.6 Å². The van der Waals surface area contributed by atoms with E-state index in [1.807, 2.05) is 6.07 Å². The topological polar surface area (TPSA) is 137 Å². The average Bonchev–Trinajstić information content (AvgIpc) is 2.87. The number of carbonyl (C=O) groups excluding carboxylic acids is 1. The van der Waals surface area contributed by atoms with E-state index in [1.54, 1.807) is 56.0 Å². The minimum atomic E-state index is -4.32. The van der Waals surface area contributed by atoms with E-state index < -0.39 is 33.4 Å². The summed E-state index contributed by atoms with van der Waals surface area (Å²) in [5.74, 6) is -2.50. The standard InChI is InChI=1S/C28H31Cl2N3O7S/c1-28(2,3)40-27(36)32-12-9-22(10-13-32)39-26-23(29)15-21(16-24(26)30)33(41(37,38)18-25(34)35)11-5-8-19-6-4-7-20(14-19)17-31/h4-8,14-16,22H,9-13,18H2,1-3H3,(H,34,35). The molecule has 3 rings (SSSR count). The number of carbonyl (C=O) groups is 2. The van der Waals surface area contributed by atoms with Crippen LogP contribution < -0.4 is 9.04 Å². The number of hydrogen-bond acceptors (Lipinski definition) is 7. The minimum Gasteiger partial charge on any atom is -0.487 e. The summed E-state index contributed by atoms with van der Waals surface area (Å²) in [6.07, 6.45) is 3.46. The second-order valence-electron chi connectivity index (χ2n) is 10.3. The molecule has 1 heterocycles. The van der Waals surface area contributed by atoms with Gasteiger partial charge in [0, 0.05) is 25.9 Å². The number of aliphatic carboxylic acids is 1. The second kappa shape index (κ2) is 13.5. The van der Waals surface area contributed by atoms with Crippen LogP contribution in [-0.4, -0.2) is 67.6 Å². The first-order chi connectivity index (χ1) is 19.2. The van der Waals surface area contributed by atoms with Crippen LogP contribution in [-0.2, 0) is 19.6 Å². The van der Waals surface area contributed by atoms with Crippen molar-refractivity contribution in [1.82, 2.24) is 4.90 Å². The van der Waals surface area contributed by atoms with Crippen LogP contribution in [0.3, 0.4) is 0 Å². The van der Waals surface area contributed by atoms with Crippen LogP contribution in [0.2, 0.25) is 10.0 Å². The molecule has 2 aromatic carbocycles. The first kappa shape index (κ1) is 32.1. The van der Waals surface area contributed by atoms with Gasteiger partial charge in [-0.15, -0.1) is 0 Å². The smallest absolute Gasteiger partial charge is 0.410 e. The molecule has 41 heavy (non-hydrogen) atoms. The average molecular weight is 625 g/mol. The van der Waals surface area contributed by atoms with E-state index in [4.69, 9.17) is 37.9 Å². The maximum atomic E-state index is 13.0. The lowest BCUT2D eigenvalue weighted by atomic mass is 10.1. The van der Waals surface area contributed by atoms with Crippen molar-refractivity contribution in [3.8, 4) is 11.8 Å². The molecular weight excluding hydrogens is 593 g/mol. The Balaban J connectivity index is 1.78. The molecule has 10 nitrogen and oxygen atoms in total. The molecular formula is C28H31Cl2N3O7S. The lowest BCUT2D eigenvalue weighted by molar-refractivity contribution is -0.134. The molecule has 0 aromatic heterocycles. The number of hydrogen-bond donors (Lipinski definition) is 1. The molecule has 0 aliphatic carbocycles. The Hall–Kier alpha value is -3.46. The van der Waals surface area contributed by atoms with Crippen molar-refractivity contribution in [2.24, 2.45) is 0 Å². The zero-order valence-corrected chi connectivity index (χ0v) is 25.2. The molecule has 1 aliphatic rings. The molecule has 220 valence electrons. The van der Waals surface area contributed by atoms with Crippen molar-refractivity contribution in [2.75, 3.05) is 29.7 Å². The first-order valence-corrected chi connectivity index (χ1v) is 15.1. The van der Waals surface area contributed by atoms with E-state index in [2.05, 4.69) is 0 Å². The number of halogens is 2. The van der Waals surface area contributed by atoms with Gasteiger partial charge in [0.2, 0.25) is 10.0 Å². The molecule has 1 aliphatic heterocycles. The summed E-state index contributed by atoms with van der Waals surface area (Å²) >= 11 is 13.0. The molecule has 13 heteroatoms. The number of carboxylic acids is 1. The van der Waals surface area contributed by atoms with Crippen molar-refractivity contribution in [3.05, 3.63) is 63.6 Å². The summed E-state index contributed by atoms with van der Waals surface area (Å²) in [6, 6.07) is 11.4. The quantitative estimate of drug-likeness (QED) is 0.382. The van der Waals surface area contributed by atoms with Crippen molar-refractivity contribution < 1.29 is 32.6 Å². The monoisotopic (exact) mass is 623 g/mol. The van der Waals surface area contributed by atoms with E-state index in [0.717, 1.165) is 4.31 Å². The highest BCUT2D eigenvalue weighted by atomic mass is 35.5. The van der Waals surface area contributed by atoms with Gasteiger partial charge in [-0.1, -0.05) is 47.5 Å². The summed E-state index contributed by atoms with van der Waals surface area (Å²) in [5, 5.41) is 18.4. The Kier molecular flexibility index (Phi) is 10.5. The summed E-state index contributed by atoms with van der Waals surface area (Å²) in [6.45, 7) is 6.01. The number of benzene rings is 2. The van der Waals surface area contributed by atoms with Crippen molar-refractivity contribution in [2.45, 2.75) is 45.3 Å². The third-order valence-electron chi connectivity index (χ3n) is 5.89. The summed E-state index contributed by atoms with van der Waals surface area (Å²) < 4.78 is 38.3. The summed E-state index contributed by atoms with van der Waals surface area (Å²) in [4.78, 5) is 25.2. The molecule has 1 saturated heterocycles. The van der Waals surface area contributed by atoms with Crippen molar-refractivity contribution in [3.63, 3.8) is 0 Å². The number of sulfonamides is 1. The fraction of sp³-hybridized carbons (Fsp3) is 0.393. The number of carboxylic acid groups (broad SMARTS) is 1. The van der Waals surface area contributed by atoms with Crippen LogP contribution in [0.25, 0.3) is 6.08 Å². The van der Waals surface area contributed by atoms with Gasteiger partial charge < -0.3 is 19.5 Å². The zero-order valence-electron chi connectivity index (χ0n) is 22.8. The van der Waals surface area contributed by atoms with Gasteiger partial charge in [-0.2, -0.15) is 5.26 Å². The number of anilines is 1. The van der Waals surface area contributed by atoms with E-state index in [1.165, 1.54) is 18.2 Å². The molecule has 2 aromatic rings. The maximum Gasteiger partial charge on any atom is 0.410 e. The van der Waals surface area contributed by atoms with Gasteiger partial charge in [0.05, 0.1) is 33.9 Å². The third-order valence-corrected chi connectivity index (χ3v) is 8.09. The van der Waals surface area contributed by atoms with Crippen LogP contribution in [0.5, 0.6) is 5.75 Å². The predicted octanol–water partition coefficient (Wildman–Crippen LogP) is 5.58. The number of nitrogens with zero attached hydrogens (tertiary/aromatic N) is 3. The number of likely N-dealkylation sites (tertiary alicyclic amines) is 1. The molecule has 0 unspecified atom stereocenters. The van der Waals surface area contributed by atoms with Gasteiger partial charge in [-0.25, -0.2) is 13.2 Å². The van der Waals surface area contributed by atoms with Crippen LogP contribution in [0.4, 0.5) is 10.5 Å². The van der Waals surface area contributed by atoms with Gasteiger partial charge in [0.1, 0.15) is 11.7 Å². The summed E-state index contributed by atoms with van der Waals surface area (Å²) in [5.41, 5.74) is 0.560. The molecule has 0 spiro atoms. The van der Waals surface area contributed by atoms with Gasteiger partial charge in [0.15, 0.2) is 11.5 Å². The Morgan fingerprint density at radius 3 is 2.37 bits per heavy atom. The van der Waals surface area contributed by atoms with E-state index in [0.29, 0.717) is 37.1 Å². The Morgan fingerprint density at radius 2 is 1.80 bits per heavy atom. The summed E-state index contributed by atoms with van der Waals surface area (Å²) in [7, 11) is -4.32. The highest BCUT2D eigenvalue weighted by Crippen LogP contribution is 2.39. The normalized spacial score (nSPS) is 14.5. The zero-order chi connectivity index (χ0) is 30.4. The highest BCUT2D eigenvalue weighted by molar-refractivity contribution is 7.93. The van der Waals surface area contributed by atoms with Crippen LogP contribution in [0, 0.1) is 11.3 Å². The first-order valence-electron chi connectivity index (χ1n) is 12.7. The lowest BCUT2D eigenvalue weighted by Gasteiger charge is -2.33. The minimum absolute atomic E-state index is 0.0447. The fourth-order valence-electron chi connectivity index (χ4n) is 4.06. The fourth-order valence-corrected chi connectivity index (χ4v) is 5.83. The molecule has 0 radical (unpaired) electrons. The third kappa shape index (κ3) is 9.28. The second-order valence-corrected chi connectivity index (χ2v) is 13.1. The maximum absolute atomic E-state index is 13.0. The Bertz CT molecular complexity index is 1430. The van der Waals surface area contributed by atoms with E-state index in [-0.39, 0.29) is 34.1 Å². The molecule has 0 saturated carbocycles. The van der Waals surface area contributed by atoms with E-state index in [9.17, 15) is 23.1 Å². The largest absolute Gasteiger partial charge is 0.487 e. The Morgan fingerprint density at radius 1 is 1.17 bits per heavy atom. The number of ether oxygens (including phenoxy) is 2. The number of amides is 1. The number of piperidine rings is 1. The van der Waals surface area contributed by atoms with Crippen molar-refractivity contribution >= 4 is 57.1 Å². The highest BCUT2D eigenvalue weighted by Gasteiger charge is 2.30. The molecule has 0 bridgehead atoms. The molecule has 1 amide bonds.